The summed E-state index contributed by atoms with van der Waals surface area (Å²) in [6.45, 7) is 1.85. The molecule has 0 amide bonds. The van der Waals surface area contributed by atoms with Gasteiger partial charge in [-0.2, -0.15) is 0 Å². The summed E-state index contributed by atoms with van der Waals surface area (Å²) in [6, 6.07) is 8.35. The third-order valence-electron chi connectivity index (χ3n) is 2.87. The molecule has 0 aliphatic heterocycles. The van der Waals surface area contributed by atoms with Crippen molar-refractivity contribution in [3.63, 3.8) is 0 Å². The Kier molecular flexibility index (Phi) is 4.51. The molecule has 0 saturated heterocycles. The molecule has 0 heterocycles. The van der Waals surface area contributed by atoms with E-state index in [1.165, 1.54) is 36.4 Å². The van der Waals surface area contributed by atoms with Gasteiger partial charge < -0.3 is 4.74 Å². The van der Waals surface area contributed by atoms with Crippen LogP contribution in [0, 0.1) is 12.7 Å². The molecule has 0 fully saturated rings. The molecule has 0 unspecified atom stereocenters. The maximum atomic E-state index is 12.9. The number of hydrogen-bond acceptors (Lipinski definition) is 3. The highest BCUT2D eigenvalue weighted by atomic mass is 35.5. The molecule has 0 aliphatic carbocycles. The molecular formula is C14H13ClFNO3S. The normalized spacial score (nSPS) is 11.4. The summed E-state index contributed by atoms with van der Waals surface area (Å²) >= 11 is 5.90. The van der Waals surface area contributed by atoms with Crippen LogP contribution in [0.25, 0.3) is 0 Å². The molecule has 7 heteroatoms. The largest absolute Gasteiger partial charge is 0.489 e. The van der Waals surface area contributed by atoms with Crippen molar-refractivity contribution in [2.45, 2.75) is 18.4 Å². The van der Waals surface area contributed by atoms with Crippen LogP contribution < -0.4 is 9.88 Å². The maximum absolute atomic E-state index is 12.9. The van der Waals surface area contributed by atoms with Crippen LogP contribution in [0.2, 0.25) is 5.02 Å². The van der Waals surface area contributed by atoms with Gasteiger partial charge in [-0.1, -0.05) is 17.7 Å². The van der Waals surface area contributed by atoms with Crippen LogP contribution in [0.3, 0.4) is 0 Å². The first-order valence-corrected chi connectivity index (χ1v) is 7.90. The molecule has 0 radical (unpaired) electrons. The number of nitrogens with two attached hydrogens (primary N) is 1. The summed E-state index contributed by atoms with van der Waals surface area (Å²) in [5.74, 6) is 0.0835. The van der Waals surface area contributed by atoms with Gasteiger partial charge in [0.2, 0.25) is 10.0 Å². The minimum absolute atomic E-state index is 0.0205. The fraction of sp³-hybridized carbons (Fsp3) is 0.143. The third kappa shape index (κ3) is 3.93. The zero-order valence-corrected chi connectivity index (χ0v) is 12.7. The molecular weight excluding hydrogens is 317 g/mol. The molecule has 0 aliphatic rings. The van der Waals surface area contributed by atoms with Gasteiger partial charge in [0.1, 0.15) is 18.2 Å². The van der Waals surface area contributed by atoms with Gasteiger partial charge in [0.15, 0.2) is 0 Å². The van der Waals surface area contributed by atoms with E-state index in [2.05, 4.69) is 0 Å². The van der Waals surface area contributed by atoms with E-state index in [0.717, 1.165) is 0 Å². The highest BCUT2D eigenvalue weighted by molar-refractivity contribution is 7.89. The summed E-state index contributed by atoms with van der Waals surface area (Å²) in [5.41, 5.74) is 1.26. The zero-order valence-electron chi connectivity index (χ0n) is 11.1. The van der Waals surface area contributed by atoms with Crippen molar-refractivity contribution in [3.8, 4) is 5.75 Å². The molecule has 0 saturated carbocycles. The van der Waals surface area contributed by atoms with Gasteiger partial charge in [-0.25, -0.2) is 17.9 Å². The number of rotatable bonds is 4. The molecule has 2 rings (SSSR count). The Morgan fingerprint density at radius 1 is 1.24 bits per heavy atom. The lowest BCUT2D eigenvalue weighted by Gasteiger charge is -2.11. The van der Waals surface area contributed by atoms with E-state index in [0.29, 0.717) is 16.9 Å². The number of primary sulfonamides is 1. The van der Waals surface area contributed by atoms with Crippen LogP contribution in [0.4, 0.5) is 4.39 Å². The van der Waals surface area contributed by atoms with Gasteiger partial charge in [0.05, 0.1) is 9.92 Å². The summed E-state index contributed by atoms with van der Waals surface area (Å²) < 4.78 is 41.0. The molecule has 0 atom stereocenters. The first-order valence-electron chi connectivity index (χ1n) is 5.97. The molecule has 0 aromatic heterocycles. The van der Waals surface area contributed by atoms with Gasteiger partial charge in [-0.05, 0) is 42.8 Å². The molecule has 2 aromatic carbocycles. The monoisotopic (exact) mass is 329 g/mol. The quantitative estimate of drug-likeness (QED) is 0.937. The van der Waals surface area contributed by atoms with Crippen molar-refractivity contribution in [3.05, 3.63) is 58.4 Å². The van der Waals surface area contributed by atoms with Crippen molar-refractivity contribution in [2.24, 2.45) is 5.14 Å². The molecule has 2 N–H and O–H groups in total. The fourth-order valence-electron chi connectivity index (χ4n) is 1.76. The lowest BCUT2D eigenvalue weighted by Crippen LogP contribution is -2.12. The zero-order chi connectivity index (χ0) is 15.6. The summed E-state index contributed by atoms with van der Waals surface area (Å²) in [5, 5.41) is 5.33. The Morgan fingerprint density at radius 3 is 2.52 bits per heavy atom. The number of hydrogen-bond donors (Lipinski definition) is 1. The second-order valence-electron chi connectivity index (χ2n) is 4.50. The van der Waals surface area contributed by atoms with E-state index in [9.17, 15) is 12.8 Å². The molecule has 0 spiro atoms. The Balaban J connectivity index is 2.17. The van der Waals surface area contributed by atoms with E-state index in [1.54, 1.807) is 6.92 Å². The molecule has 2 aromatic rings. The Morgan fingerprint density at radius 2 is 1.95 bits per heavy atom. The first kappa shape index (κ1) is 15.8. The predicted molar refractivity (Wildman–Crippen MR) is 78.3 cm³/mol. The molecule has 0 bridgehead atoms. The van der Waals surface area contributed by atoms with Crippen LogP contribution >= 0.6 is 11.6 Å². The minimum atomic E-state index is -3.74. The minimum Gasteiger partial charge on any atom is -0.489 e. The Hall–Kier alpha value is -1.63. The lowest BCUT2D eigenvalue weighted by atomic mass is 10.2. The van der Waals surface area contributed by atoms with Gasteiger partial charge in [-0.3, -0.25) is 0 Å². The SMILES string of the molecule is Cc1cc(S(N)(=O)=O)ccc1OCc1ccc(F)cc1Cl. The van der Waals surface area contributed by atoms with E-state index < -0.39 is 15.8 Å². The van der Waals surface area contributed by atoms with Gasteiger partial charge in [0.25, 0.3) is 0 Å². The summed E-state index contributed by atoms with van der Waals surface area (Å²) in [7, 11) is -3.74. The summed E-state index contributed by atoms with van der Waals surface area (Å²) in [6.07, 6.45) is 0. The van der Waals surface area contributed by atoms with Crippen molar-refractivity contribution >= 4 is 21.6 Å². The van der Waals surface area contributed by atoms with Crippen molar-refractivity contribution < 1.29 is 17.5 Å². The molecule has 112 valence electrons. The van der Waals surface area contributed by atoms with Crippen LogP contribution in [0.1, 0.15) is 11.1 Å². The van der Waals surface area contributed by atoms with Gasteiger partial charge >= 0.3 is 0 Å². The predicted octanol–water partition coefficient (Wildman–Crippen LogP) is 3.01. The maximum Gasteiger partial charge on any atom is 0.238 e. The van der Waals surface area contributed by atoms with E-state index in [-0.39, 0.29) is 16.5 Å². The van der Waals surface area contributed by atoms with Crippen molar-refractivity contribution in [1.29, 1.82) is 0 Å². The number of aryl methyl sites for hydroxylation is 1. The average molecular weight is 330 g/mol. The van der Waals surface area contributed by atoms with Crippen LogP contribution in [-0.4, -0.2) is 8.42 Å². The molecule has 4 nitrogen and oxygen atoms in total. The first-order chi connectivity index (χ1) is 9.77. The van der Waals surface area contributed by atoms with Gasteiger partial charge in [-0.15, -0.1) is 0 Å². The van der Waals surface area contributed by atoms with Crippen LogP contribution in [-0.2, 0) is 16.6 Å². The number of sulfonamides is 1. The van der Waals surface area contributed by atoms with E-state index >= 15 is 0 Å². The highest BCUT2D eigenvalue weighted by Gasteiger charge is 2.11. The topological polar surface area (TPSA) is 69.4 Å². The van der Waals surface area contributed by atoms with Gasteiger partial charge in [0, 0.05) is 5.56 Å². The van der Waals surface area contributed by atoms with Crippen molar-refractivity contribution in [2.75, 3.05) is 0 Å². The number of benzene rings is 2. The standard InChI is InChI=1S/C14H13ClFNO3S/c1-9-6-12(21(17,18)19)4-5-14(9)20-8-10-2-3-11(16)7-13(10)15/h2-7H,8H2,1H3,(H2,17,18,19). The molecule has 21 heavy (non-hydrogen) atoms. The van der Waals surface area contributed by atoms with Crippen LogP contribution in [0.15, 0.2) is 41.3 Å². The van der Waals surface area contributed by atoms with E-state index in [4.69, 9.17) is 21.5 Å². The Bertz CT molecular complexity index is 778. The van der Waals surface area contributed by atoms with Crippen molar-refractivity contribution in [1.82, 2.24) is 0 Å². The van der Waals surface area contributed by atoms with Crippen LogP contribution in [0.5, 0.6) is 5.75 Å². The second kappa shape index (κ2) is 6.01. The second-order valence-corrected chi connectivity index (χ2v) is 6.47. The third-order valence-corrected chi connectivity index (χ3v) is 4.14. The fourth-order valence-corrected chi connectivity index (χ4v) is 2.58. The summed E-state index contributed by atoms with van der Waals surface area (Å²) in [4.78, 5) is 0.0205. The Labute approximate surface area is 127 Å². The highest BCUT2D eigenvalue weighted by Crippen LogP contribution is 2.24. The number of ether oxygens (including phenoxy) is 1. The number of halogens is 2. The lowest BCUT2D eigenvalue weighted by molar-refractivity contribution is 0.304. The smallest absolute Gasteiger partial charge is 0.238 e. The average Bonchev–Trinajstić information content (AvgIpc) is 2.38. The van der Waals surface area contributed by atoms with E-state index in [1.807, 2.05) is 0 Å².